The van der Waals surface area contributed by atoms with E-state index in [2.05, 4.69) is 164 Å². The van der Waals surface area contributed by atoms with Crippen LogP contribution in [0.2, 0.25) is 0 Å². The van der Waals surface area contributed by atoms with Gasteiger partial charge in [0.15, 0.2) is 0 Å². The molecule has 8 aromatic rings. The first-order valence-electron chi connectivity index (χ1n) is 15.6. The SMILES string of the molecule is [2H]c1cc(C2(c3ccccc3)c3ccccc3-c3ccccc32)ccc1-c1cccc2c1sc1c(-c3ccccc3)cccc12. The lowest BCUT2D eigenvalue weighted by Gasteiger charge is -2.34. The van der Waals surface area contributed by atoms with Crippen LogP contribution in [0.15, 0.2) is 170 Å². The average Bonchev–Trinajstić information content (AvgIpc) is 3.64. The van der Waals surface area contributed by atoms with E-state index < -0.39 is 5.41 Å². The van der Waals surface area contributed by atoms with Gasteiger partial charge in [-0.25, -0.2) is 0 Å². The Bertz CT molecular complexity index is 2340. The van der Waals surface area contributed by atoms with Gasteiger partial charge in [-0.1, -0.05) is 170 Å². The Kier molecular flexibility index (Phi) is 5.46. The third-order valence-corrected chi connectivity index (χ3v) is 10.6. The van der Waals surface area contributed by atoms with Crippen LogP contribution in [-0.2, 0) is 5.41 Å². The summed E-state index contributed by atoms with van der Waals surface area (Å²) >= 11 is 1.84. The molecule has 0 nitrogen and oxygen atoms in total. The third kappa shape index (κ3) is 3.57. The largest absolute Gasteiger partial charge is 0.134 e. The highest BCUT2D eigenvalue weighted by Crippen LogP contribution is 2.56. The molecule has 0 atom stereocenters. The zero-order valence-corrected chi connectivity index (χ0v) is 24.8. The molecule has 0 amide bonds. The van der Waals surface area contributed by atoms with Crippen molar-refractivity contribution in [1.82, 2.24) is 0 Å². The van der Waals surface area contributed by atoms with Gasteiger partial charge in [-0.05, 0) is 55.6 Å². The number of hydrogen-bond acceptors (Lipinski definition) is 1. The Balaban J connectivity index is 1.27. The molecule has 0 saturated carbocycles. The quantitative estimate of drug-likeness (QED) is 0.195. The summed E-state index contributed by atoms with van der Waals surface area (Å²) in [6.07, 6.45) is 0. The minimum Gasteiger partial charge on any atom is -0.134 e. The van der Waals surface area contributed by atoms with Crippen LogP contribution in [0, 0.1) is 0 Å². The first-order chi connectivity index (χ1) is 22.2. The van der Waals surface area contributed by atoms with Gasteiger partial charge in [0.25, 0.3) is 0 Å². The van der Waals surface area contributed by atoms with E-state index in [0.29, 0.717) is 6.04 Å². The van der Waals surface area contributed by atoms with Crippen molar-refractivity contribution in [3.8, 4) is 33.4 Å². The lowest BCUT2D eigenvalue weighted by atomic mass is 9.67. The molecule has 0 spiro atoms. The molecule has 1 heterocycles. The van der Waals surface area contributed by atoms with Gasteiger partial charge in [-0.3, -0.25) is 0 Å². The van der Waals surface area contributed by atoms with E-state index in [4.69, 9.17) is 0 Å². The van der Waals surface area contributed by atoms with E-state index in [9.17, 15) is 1.37 Å². The van der Waals surface area contributed by atoms with Gasteiger partial charge in [0.05, 0.1) is 6.79 Å². The summed E-state index contributed by atoms with van der Waals surface area (Å²) in [4.78, 5) is 0. The Labute approximate surface area is 262 Å². The normalized spacial score (nSPS) is 13.5. The molecule has 0 unspecified atom stereocenters. The molecule has 206 valence electrons. The average molecular weight is 578 g/mol. The molecule has 0 fully saturated rings. The van der Waals surface area contributed by atoms with Crippen LogP contribution in [0.25, 0.3) is 53.6 Å². The van der Waals surface area contributed by atoms with E-state index in [1.807, 2.05) is 11.3 Å². The number of benzene rings is 7. The molecule has 0 radical (unpaired) electrons. The van der Waals surface area contributed by atoms with Gasteiger partial charge in [0.1, 0.15) is 0 Å². The molecule has 9 rings (SSSR count). The monoisotopic (exact) mass is 577 g/mol. The fraction of sp³-hybridized carbons (Fsp3) is 0.0233. The van der Waals surface area contributed by atoms with E-state index >= 15 is 0 Å². The molecular weight excluding hydrogens is 549 g/mol. The highest BCUT2D eigenvalue weighted by molar-refractivity contribution is 7.26. The maximum Gasteiger partial charge on any atom is 0.0713 e. The van der Waals surface area contributed by atoms with Crippen molar-refractivity contribution in [1.29, 1.82) is 0 Å². The second-order valence-corrected chi connectivity index (χ2v) is 12.6. The second-order valence-electron chi connectivity index (χ2n) is 11.5. The first-order valence-corrected chi connectivity index (χ1v) is 15.9. The van der Waals surface area contributed by atoms with Crippen molar-refractivity contribution < 1.29 is 1.37 Å². The molecular formula is C43H28S. The highest BCUT2D eigenvalue weighted by atomic mass is 32.1. The summed E-state index contributed by atoms with van der Waals surface area (Å²) in [5.74, 6) is 0. The van der Waals surface area contributed by atoms with Crippen molar-refractivity contribution in [3.05, 3.63) is 192 Å². The zero-order chi connectivity index (χ0) is 30.0. The number of fused-ring (bicyclic) bond motifs is 6. The van der Waals surface area contributed by atoms with Crippen LogP contribution in [0.4, 0.5) is 0 Å². The molecule has 0 saturated heterocycles. The number of thiophene rings is 1. The minimum atomic E-state index is -0.503. The molecule has 1 aliphatic carbocycles. The molecule has 0 bridgehead atoms. The second kappa shape index (κ2) is 9.91. The van der Waals surface area contributed by atoms with E-state index in [0.717, 1.165) is 16.7 Å². The highest BCUT2D eigenvalue weighted by Gasteiger charge is 2.45. The summed E-state index contributed by atoms with van der Waals surface area (Å²) in [5.41, 5.74) is 11.4. The van der Waals surface area contributed by atoms with Crippen molar-refractivity contribution >= 4 is 31.5 Å². The maximum absolute atomic E-state index is 9.52. The van der Waals surface area contributed by atoms with Crippen LogP contribution >= 0.6 is 11.3 Å². The van der Waals surface area contributed by atoms with Gasteiger partial charge in [-0.15, -0.1) is 11.3 Å². The topological polar surface area (TPSA) is 0 Å². The Morgan fingerprint density at radius 1 is 0.386 bits per heavy atom. The maximum atomic E-state index is 9.52. The molecule has 1 heteroatoms. The Hall–Kier alpha value is -5.24. The van der Waals surface area contributed by atoms with Crippen LogP contribution in [0.1, 0.15) is 23.6 Å². The fourth-order valence-corrected chi connectivity index (χ4v) is 8.78. The van der Waals surface area contributed by atoms with Gasteiger partial charge in [0, 0.05) is 20.2 Å². The molecule has 44 heavy (non-hydrogen) atoms. The minimum absolute atomic E-state index is 0.503. The van der Waals surface area contributed by atoms with Crippen molar-refractivity contribution in [2.24, 2.45) is 0 Å². The van der Waals surface area contributed by atoms with Crippen LogP contribution in [0.3, 0.4) is 0 Å². The van der Waals surface area contributed by atoms with Crippen molar-refractivity contribution in [2.45, 2.75) is 5.41 Å². The Morgan fingerprint density at radius 3 is 1.50 bits per heavy atom. The summed E-state index contributed by atoms with van der Waals surface area (Å²) in [7, 11) is 0. The van der Waals surface area contributed by atoms with Crippen LogP contribution in [0.5, 0.6) is 0 Å². The lowest BCUT2D eigenvalue weighted by Crippen LogP contribution is -2.28. The molecule has 1 aliphatic rings. The third-order valence-electron chi connectivity index (χ3n) is 9.30. The molecule has 1 aromatic heterocycles. The zero-order valence-electron chi connectivity index (χ0n) is 25.0. The Morgan fingerprint density at radius 2 is 0.886 bits per heavy atom. The summed E-state index contributed by atoms with van der Waals surface area (Å²) in [5, 5.41) is 2.51. The summed E-state index contributed by atoms with van der Waals surface area (Å²) in [6, 6.07) is 59.2. The van der Waals surface area contributed by atoms with Gasteiger partial charge >= 0.3 is 0 Å². The summed E-state index contributed by atoms with van der Waals surface area (Å²) in [6.45, 7) is 0. The predicted octanol–water partition coefficient (Wildman–Crippen LogP) is 11.8. The predicted molar refractivity (Wildman–Crippen MR) is 188 cm³/mol. The van der Waals surface area contributed by atoms with Crippen molar-refractivity contribution in [3.63, 3.8) is 0 Å². The first kappa shape index (κ1) is 24.2. The lowest BCUT2D eigenvalue weighted by molar-refractivity contribution is 0.768. The van der Waals surface area contributed by atoms with Gasteiger partial charge in [0.2, 0.25) is 0 Å². The molecule has 7 aromatic carbocycles. The van der Waals surface area contributed by atoms with Gasteiger partial charge < -0.3 is 0 Å². The van der Waals surface area contributed by atoms with Crippen LogP contribution in [-0.4, -0.2) is 0 Å². The van der Waals surface area contributed by atoms with Crippen LogP contribution < -0.4 is 0 Å². The standard InChI is InChI=1S/C43H28S/c1-3-13-29(14-4-1)33-19-11-21-37-38-22-12-20-34(42(38)44-41(33)37)30-25-27-32(28-26-30)43(31-15-5-2-6-16-31)39-23-9-7-17-35(39)36-18-8-10-24-40(36)43/h1-28H/i25D. The smallest absolute Gasteiger partial charge is 0.0713 e. The number of hydrogen-bond donors (Lipinski definition) is 0. The van der Waals surface area contributed by atoms with E-state index in [1.54, 1.807) is 0 Å². The van der Waals surface area contributed by atoms with Gasteiger partial charge in [-0.2, -0.15) is 0 Å². The van der Waals surface area contributed by atoms with Crippen molar-refractivity contribution in [2.75, 3.05) is 0 Å². The molecule has 0 N–H and O–H groups in total. The number of rotatable bonds is 4. The summed E-state index contributed by atoms with van der Waals surface area (Å²) < 4.78 is 12.0. The fourth-order valence-electron chi connectivity index (χ4n) is 7.41. The van der Waals surface area contributed by atoms with E-state index in [1.165, 1.54) is 59.1 Å². The molecule has 0 aliphatic heterocycles. The van der Waals surface area contributed by atoms with E-state index in [-0.39, 0.29) is 0 Å².